The van der Waals surface area contributed by atoms with Crippen molar-refractivity contribution in [2.24, 2.45) is 0 Å². The van der Waals surface area contributed by atoms with Crippen LogP contribution in [-0.2, 0) is 9.53 Å². The number of carbonyl (C=O) groups is 2. The average molecular weight is 379 g/mol. The second kappa shape index (κ2) is 7.64. The normalized spacial score (nSPS) is 11.9. The van der Waals surface area contributed by atoms with Crippen molar-refractivity contribution >= 4 is 28.3 Å². The molecule has 1 aromatic heterocycles. The number of aryl methyl sites for hydroxylation is 3. The largest absolute Gasteiger partial charge is 0.448 e. The maximum atomic E-state index is 12.5. The Bertz CT molecular complexity index is 1110. The highest BCUT2D eigenvalue weighted by Gasteiger charge is 2.23. The number of amides is 1. The van der Waals surface area contributed by atoms with Crippen LogP contribution in [0.25, 0.3) is 10.8 Å². The molecule has 7 nitrogen and oxygen atoms in total. The molecule has 0 aliphatic heterocycles. The van der Waals surface area contributed by atoms with E-state index in [1.165, 1.54) is 6.92 Å². The molecule has 0 radical (unpaired) electrons. The zero-order valence-corrected chi connectivity index (χ0v) is 16.1. The lowest BCUT2D eigenvalue weighted by molar-refractivity contribution is -0.123. The van der Waals surface area contributed by atoms with Crippen molar-refractivity contribution < 1.29 is 14.3 Å². The fourth-order valence-electron chi connectivity index (χ4n) is 3.14. The fourth-order valence-corrected chi connectivity index (χ4v) is 3.14. The van der Waals surface area contributed by atoms with E-state index in [0.29, 0.717) is 16.5 Å². The predicted molar refractivity (Wildman–Crippen MR) is 107 cm³/mol. The van der Waals surface area contributed by atoms with Gasteiger partial charge >= 0.3 is 5.97 Å². The number of nitrogens with one attached hydrogen (secondary N) is 2. The summed E-state index contributed by atoms with van der Waals surface area (Å²) in [5.74, 6) is -1.23. The van der Waals surface area contributed by atoms with Gasteiger partial charge in [0, 0.05) is 11.1 Å². The third-order valence-electron chi connectivity index (χ3n) is 4.47. The highest BCUT2D eigenvalue weighted by atomic mass is 16.5. The van der Waals surface area contributed by atoms with Gasteiger partial charge in [0.1, 0.15) is 0 Å². The Balaban J connectivity index is 1.79. The van der Waals surface area contributed by atoms with Crippen LogP contribution in [0.15, 0.2) is 41.2 Å². The molecule has 0 unspecified atom stereocenters. The molecule has 1 atom stereocenters. The first-order valence-corrected chi connectivity index (χ1v) is 8.85. The van der Waals surface area contributed by atoms with Gasteiger partial charge in [-0.05, 0) is 44.9 Å². The summed E-state index contributed by atoms with van der Waals surface area (Å²) < 4.78 is 5.29. The summed E-state index contributed by atoms with van der Waals surface area (Å²) in [6.45, 7) is 7.28. The summed E-state index contributed by atoms with van der Waals surface area (Å²) >= 11 is 0. The molecule has 0 aliphatic rings. The van der Waals surface area contributed by atoms with E-state index in [-0.39, 0.29) is 5.69 Å². The van der Waals surface area contributed by atoms with Crippen LogP contribution in [-0.4, -0.2) is 28.2 Å². The summed E-state index contributed by atoms with van der Waals surface area (Å²) in [6.07, 6.45) is -1.04. The standard InChI is InChI=1S/C21H21N3O4/c1-11-9-12(2)17(13(3)10-11)22-19(25)14(4)28-21(27)18-15-7-5-6-8-16(15)20(26)24-23-18/h5-10,14H,1-4H3,(H,22,25)(H,24,26)/t14-/m1/s1. The SMILES string of the molecule is Cc1cc(C)c(NC(=O)[C@@H](C)OC(=O)c2n[nH]c(=O)c3ccccc23)c(C)c1. The second-order valence-electron chi connectivity index (χ2n) is 6.76. The van der Waals surface area contributed by atoms with Gasteiger partial charge in [0.2, 0.25) is 0 Å². The third kappa shape index (κ3) is 3.78. The number of ether oxygens (including phenoxy) is 1. The summed E-state index contributed by atoms with van der Waals surface area (Å²) in [6, 6.07) is 10.5. The van der Waals surface area contributed by atoms with Crippen LogP contribution in [0.3, 0.4) is 0 Å². The Kier molecular flexibility index (Phi) is 5.26. The molecule has 0 spiro atoms. The molecule has 2 N–H and O–H groups in total. The molecule has 3 aromatic rings. The monoisotopic (exact) mass is 379 g/mol. The minimum absolute atomic E-state index is 0.0439. The first-order valence-electron chi connectivity index (χ1n) is 8.85. The maximum absolute atomic E-state index is 12.5. The molecular formula is C21H21N3O4. The number of nitrogens with zero attached hydrogens (tertiary/aromatic N) is 1. The minimum atomic E-state index is -1.04. The highest BCUT2D eigenvalue weighted by Crippen LogP contribution is 2.22. The van der Waals surface area contributed by atoms with Crippen LogP contribution in [0.2, 0.25) is 0 Å². The molecule has 0 bridgehead atoms. The molecule has 2 aromatic carbocycles. The first kappa shape index (κ1) is 19.3. The lowest BCUT2D eigenvalue weighted by Gasteiger charge is -2.17. The molecule has 1 amide bonds. The van der Waals surface area contributed by atoms with Gasteiger partial charge in [0.15, 0.2) is 11.8 Å². The van der Waals surface area contributed by atoms with Gasteiger partial charge in [0.25, 0.3) is 11.5 Å². The molecule has 0 saturated carbocycles. The second-order valence-corrected chi connectivity index (χ2v) is 6.76. The average Bonchev–Trinajstić information content (AvgIpc) is 2.64. The molecule has 0 saturated heterocycles. The zero-order valence-electron chi connectivity index (χ0n) is 16.1. The maximum Gasteiger partial charge on any atom is 0.360 e. The number of aromatic amines is 1. The zero-order chi connectivity index (χ0) is 20.4. The van der Waals surface area contributed by atoms with Crippen molar-refractivity contribution in [1.29, 1.82) is 0 Å². The number of benzene rings is 2. The summed E-state index contributed by atoms with van der Waals surface area (Å²) in [5, 5.41) is 9.59. The van der Waals surface area contributed by atoms with Crippen molar-refractivity contribution in [2.75, 3.05) is 5.32 Å². The summed E-state index contributed by atoms with van der Waals surface area (Å²) in [7, 11) is 0. The highest BCUT2D eigenvalue weighted by molar-refractivity contribution is 6.03. The van der Waals surface area contributed by atoms with E-state index in [1.807, 2.05) is 32.9 Å². The van der Waals surface area contributed by atoms with Crippen LogP contribution in [0.1, 0.15) is 34.1 Å². The van der Waals surface area contributed by atoms with Gasteiger partial charge in [-0.3, -0.25) is 9.59 Å². The van der Waals surface area contributed by atoms with Crippen molar-refractivity contribution in [1.82, 2.24) is 10.2 Å². The van der Waals surface area contributed by atoms with Gasteiger partial charge < -0.3 is 10.1 Å². The lowest BCUT2D eigenvalue weighted by Crippen LogP contribution is -2.31. The summed E-state index contributed by atoms with van der Waals surface area (Å²) in [4.78, 5) is 36.9. The molecule has 28 heavy (non-hydrogen) atoms. The smallest absolute Gasteiger partial charge is 0.360 e. The van der Waals surface area contributed by atoms with Crippen LogP contribution < -0.4 is 10.9 Å². The van der Waals surface area contributed by atoms with Crippen molar-refractivity contribution in [3.63, 3.8) is 0 Å². The lowest BCUT2D eigenvalue weighted by atomic mass is 10.0. The molecule has 3 rings (SSSR count). The number of esters is 1. The number of rotatable bonds is 4. The number of hydrogen-bond donors (Lipinski definition) is 2. The number of anilines is 1. The van der Waals surface area contributed by atoms with Crippen molar-refractivity contribution in [2.45, 2.75) is 33.8 Å². The number of aromatic nitrogens is 2. The van der Waals surface area contributed by atoms with E-state index in [9.17, 15) is 14.4 Å². The van der Waals surface area contributed by atoms with Gasteiger partial charge in [0.05, 0.1) is 5.39 Å². The quantitative estimate of drug-likeness (QED) is 0.679. The van der Waals surface area contributed by atoms with Gasteiger partial charge in [-0.1, -0.05) is 35.9 Å². The van der Waals surface area contributed by atoms with E-state index in [1.54, 1.807) is 24.3 Å². The Morgan fingerprint density at radius 1 is 1.07 bits per heavy atom. The van der Waals surface area contributed by atoms with Crippen LogP contribution in [0, 0.1) is 20.8 Å². The van der Waals surface area contributed by atoms with Gasteiger partial charge in [-0.15, -0.1) is 0 Å². The van der Waals surface area contributed by atoms with Crippen LogP contribution in [0.5, 0.6) is 0 Å². The number of H-pyrrole nitrogens is 1. The molecule has 1 heterocycles. The van der Waals surface area contributed by atoms with Crippen molar-refractivity contribution in [3.05, 3.63) is 69.1 Å². The summed E-state index contributed by atoms with van der Waals surface area (Å²) in [5.41, 5.74) is 3.21. The van der Waals surface area contributed by atoms with Crippen LogP contribution >= 0.6 is 0 Å². The number of hydrogen-bond acceptors (Lipinski definition) is 5. The third-order valence-corrected chi connectivity index (χ3v) is 4.47. The Morgan fingerprint density at radius 2 is 1.68 bits per heavy atom. The molecular weight excluding hydrogens is 358 g/mol. The molecule has 0 fully saturated rings. The van der Waals surface area contributed by atoms with E-state index in [2.05, 4.69) is 15.5 Å². The van der Waals surface area contributed by atoms with Crippen molar-refractivity contribution in [3.8, 4) is 0 Å². The minimum Gasteiger partial charge on any atom is -0.448 e. The molecule has 0 aliphatic carbocycles. The molecule has 144 valence electrons. The van der Waals surface area contributed by atoms with E-state index >= 15 is 0 Å². The Hall–Kier alpha value is -3.48. The molecule has 7 heteroatoms. The number of carbonyl (C=O) groups excluding carboxylic acids is 2. The Labute approximate surface area is 161 Å². The Morgan fingerprint density at radius 3 is 2.32 bits per heavy atom. The van der Waals surface area contributed by atoms with E-state index < -0.39 is 23.5 Å². The fraction of sp³-hybridized carbons (Fsp3) is 0.238. The number of fused-ring (bicyclic) bond motifs is 1. The predicted octanol–water partition coefficient (Wildman–Crippen LogP) is 3.03. The van der Waals surface area contributed by atoms with E-state index in [0.717, 1.165) is 16.7 Å². The van der Waals surface area contributed by atoms with Gasteiger partial charge in [-0.25, -0.2) is 9.89 Å². The van der Waals surface area contributed by atoms with Gasteiger partial charge in [-0.2, -0.15) is 5.10 Å². The topological polar surface area (TPSA) is 101 Å². The van der Waals surface area contributed by atoms with E-state index in [4.69, 9.17) is 4.74 Å². The van der Waals surface area contributed by atoms with Crippen LogP contribution in [0.4, 0.5) is 5.69 Å². The first-order chi connectivity index (χ1) is 13.3.